The molecule has 24 heavy (non-hydrogen) atoms. The number of fused-ring (bicyclic) bond motifs is 1. The molecule has 1 atom stereocenters. The summed E-state index contributed by atoms with van der Waals surface area (Å²) < 4.78 is 28.3. The van der Waals surface area contributed by atoms with Gasteiger partial charge in [0.15, 0.2) is 5.78 Å². The van der Waals surface area contributed by atoms with Gasteiger partial charge in [0.2, 0.25) is 5.16 Å². The molecule has 0 spiro atoms. The van der Waals surface area contributed by atoms with Crippen molar-refractivity contribution in [1.82, 2.24) is 19.6 Å². The number of hydrogen-bond donors (Lipinski definition) is 0. The molecule has 1 aromatic carbocycles. The fourth-order valence-electron chi connectivity index (χ4n) is 2.32. The maximum Gasteiger partial charge on any atom is 0.253 e. The van der Waals surface area contributed by atoms with E-state index in [0.29, 0.717) is 17.0 Å². The minimum absolute atomic E-state index is 0.148. The number of thioether (sulfide) groups is 1. The van der Waals surface area contributed by atoms with Gasteiger partial charge >= 0.3 is 0 Å². The van der Waals surface area contributed by atoms with Crippen molar-refractivity contribution in [3.8, 4) is 0 Å². The van der Waals surface area contributed by atoms with Crippen molar-refractivity contribution >= 4 is 23.3 Å². The third-order valence-corrected chi connectivity index (χ3v) is 4.40. The minimum atomic E-state index is -0.872. The second-order valence-corrected chi connectivity index (χ2v) is 6.70. The van der Waals surface area contributed by atoms with Crippen LogP contribution in [0.1, 0.15) is 28.7 Å². The number of rotatable bonds is 4. The Morgan fingerprint density at radius 1 is 1.21 bits per heavy atom. The van der Waals surface area contributed by atoms with Crippen LogP contribution < -0.4 is 0 Å². The van der Waals surface area contributed by atoms with Gasteiger partial charge in [-0.15, -0.1) is 5.10 Å². The molecule has 2 heterocycles. The van der Waals surface area contributed by atoms with Crippen LogP contribution in [0.5, 0.6) is 0 Å². The lowest BCUT2D eigenvalue weighted by molar-refractivity contribution is 0.0990. The average molecular weight is 348 g/mol. The van der Waals surface area contributed by atoms with Gasteiger partial charge in [0, 0.05) is 17.5 Å². The number of aryl methyl sites for hydroxylation is 2. The van der Waals surface area contributed by atoms with E-state index in [1.165, 1.54) is 0 Å². The maximum atomic E-state index is 13.7. The molecule has 3 aromatic rings. The van der Waals surface area contributed by atoms with Crippen LogP contribution in [0.2, 0.25) is 0 Å². The van der Waals surface area contributed by atoms with E-state index in [1.807, 2.05) is 19.9 Å². The van der Waals surface area contributed by atoms with Gasteiger partial charge in [0.05, 0.1) is 10.8 Å². The Kier molecular flexibility index (Phi) is 4.31. The Balaban J connectivity index is 1.85. The predicted octanol–water partition coefficient (Wildman–Crippen LogP) is 3.38. The molecular weight excluding hydrogens is 334 g/mol. The Morgan fingerprint density at radius 2 is 1.96 bits per heavy atom. The zero-order valence-electron chi connectivity index (χ0n) is 13.2. The monoisotopic (exact) mass is 348 g/mol. The van der Waals surface area contributed by atoms with Crippen LogP contribution in [0.3, 0.4) is 0 Å². The second kappa shape index (κ2) is 6.27. The zero-order chi connectivity index (χ0) is 17.4. The quantitative estimate of drug-likeness (QED) is 0.534. The van der Waals surface area contributed by atoms with E-state index in [9.17, 15) is 13.6 Å². The Bertz CT molecular complexity index is 941. The van der Waals surface area contributed by atoms with Crippen LogP contribution in [-0.2, 0) is 0 Å². The van der Waals surface area contributed by atoms with Gasteiger partial charge in [-0.25, -0.2) is 18.3 Å². The van der Waals surface area contributed by atoms with Crippen LogP contribution in [0.4, 0.5) is 8.78 Å². The van der Waals surface area contributed by atoms with E-state index in [1.54, 1.807) is 11.4 Å². The lowest BCUT2D eigenvalue weighted by Gasteiger charge is -2.08. The van der Waals surface area contributed by atoms with Gasteiger partial charge in [0.25, 0.3) is 5.78 Å². The summed E-state index contributed by atoms with van der Waals surface area (Å²) in [7, 11) is 0. The normalized spacial score (nSPS) is 12.5. The molecule has 2 aromatic heterocycles. The first-order valence-corrected chi connectivity index (χ1v) is 8.10. The summed E-state index contributed by atoms with van der Waals surface area (Å²) in [6.45, 7) is 5.37. The van der Waals surface area contributed by atoms with E-state index < -0.39 is 22.7 Å². The molecule has 8 heteroatoms. The first-order chi connectivity index (χ1) is 11.3. The van der Waals surface area contributed by atoms with Gasteiger partial charge in [-0.2, -0.15) is 4.98 Å². The van der Waals surface area contributed by atoms with Gasteiger partial charge in [-0.3, -0.25) is 4.79 Å². The summed E-state index contributed by atoms with van der Waals surface area (Å²) in [4.78, 5) is 20.9. The van der Waals surface area contributed by atoms with Gasteiger partial charge in [-0.1, -0.05) is 11.8 Å². The fourth-order valence-corrected chi connectivity index (χ4v) is 3.13. The summed E-state index contributed by atoms with van der Waals surface area (Å²) in [5.74, 6) is -1.59. The highest BCUT2D eigenvalue weighted by Gasteiger charge is 2.22. The third kappa shape index (κ3) is 3.14. The maximum absolute atomic E-state index is 13.7. The van der Waals surface area contributed by atoms with Crippen LogP contribution in [0, 0.1) is 25.5 Å². The first kappa shape index (κ1) is 16.5. The van der Waals surface area contributed by atoms with Crippen molar-refractivity contribution in [2.75, 3.05) is 0 Å². The number of Topliss-reactive ketones (excluding diaryl/α,β-unsaturated/α-hetero) is 1. The smallest absolute Gasteiger partial charge is 0.253 e. The first-order valence-electron chi connectivity index (χ1n) is 7.22. The van der Waals surface area contributed by atoms with Crippen molar-refractivity contribution in [3.63, 3.8) is 0 Å². The molecule has 0 aliphatic carbocycles. The Hall–Kier alpha value is -2.35. The lowest BCUT2D eigenvalue weighted by atomic mass is 10.1. The number of nitrogens with zero attached hydrogens (tertiary/aromatic N) is 4. The van der Waals surface area contributed by atoms with Crippen molar-refractivity contribution in [1.29, 1.82) is 0 Å². The Labute approximate surface area is 141 Å². The highest BCUT2D eigenvalue weighted by Crippen LogP contribution is 2.24. The van der Waals surface area contributed by atoms with Crippen LogP contribution in [0.25, 0.3) is 5.78 Å². The number of aromatic nitrogens is 4. The number of hydrogen-bond acceptors (Lipinski definition) is 5. The highest BCUT2D eigenvalue weighted by molar-refractivity contribution is 8.00. The van der Waals surface area contributed by atoms with Crippen molar-refractivity contribution in [2.24, 2.45) is 0 Å². The van der Waals surface area contributed by atoms with Gasteiger partial charge in [-0.05, 0) is 39.0 Å². The number of halogens is 2. The summed E-state index contributed by atoms with van der Waals surface area (Å²) in [5, 5.41) is 4.06. The highest BCUT2D eigenvalue weighted by atomic mass is 32.2. The van der Waals surface area contributed by atoms with E-state index in [0.717, 1.165) is 35.3 Å². The standard InChI is InChI=1S/C16H14F2N4OS/c1-8-6-9(2)22-15(19-8)20-16(21-22)24-10(3)14(23)12-5-4-11(17)7-13(12)18/h4-7,10H,1-3H3. The summed E-state index contributed by atoms with van der Waals surface area (Å²) >= 11 is 1.11. The molecule has 0 fully saturated rings. The largest absolute Gasteiger partial charge is 0.293 e. The van der Waals surface area contributed by atoms with Gasteiger partial charge < -0.3 is 0 Å². The molecule has 0 radical (unpaired) electrons. The topological polar surface area (TPSA) is 60.2 Å². The molecule has 124 valence electrons. The minimum Gasteiger partial charge on any atom is -0.293 e. The SMILES string of the molecule is Cc1cc(C)n2nc(SC(C)C(=O)c3ccc(F)cc3F)nc2n1. The van der Waals surface area contributed by atoms with E-state index in [4.69, 9.17) is 0 Å². The molecule has 0 saturated heterocycles. The molecule has 0 bridgehead atoms. The number of carbonyl (C=O) groups is 1. The lowest BCUT2D eigenvalue weighted by Crippen LogP contribution is -2.15. The molecule has 0 N–H and O–H groups in total. The van der Waals surface area contributed by atoms with Gasteiger partial charge in [0.1, 0.15) is 11.6 Å². The molecule has 0 aliphatic rings. The summed E-state index contributed by atoms with van der Waals surface area (Å²) in [6.07, 6.45) is 0. The molecule has 1 unspecified atom stereocenters. The number of ketones is 1. The fraction of sp³-hybridized carbons (Fsp3) is 0.250. The summed E-state index contributed by atoms with van der Waals surface area (Å²) in [6, 6.07) is 4.78. The van der Waals surface area contributed by atoms with Crippen molar-refractivity contribution < 1.29 is 13.6 Å². The third-order valence-electron chi connectivity index (χ3n) is 3.45. The molecular formula is C16H14F2N4OS. The second-order valence-electron chi connectivity index (χ2n) is 5.39. The van der Waals surface area contributed by atoms with Crippen molar-refractivity contribution in [2.45, 2.75) is 31.2 Å². The Morgan fingerprint density at radius 3 is 2.67 bits per heavy atom. The molecule has 3 rings (SSSR count). The van der Waals surface area contributed by atoms with Crippen LogP contribution >= 0.6 is 11.8 Å². The predicted molar refractivity (Wildman–Crippen MR) is 86.3 cm³/mol. The van der Waals surface area contributed by atoms with E-state index in [2.05, 4.69) is 15.1 Å². The number of carbonyl (C=O) groups excluding carboxylic acids is 1. The molecule has 0 saturated carbocycles. The molecule has 5 nitrogen and oxygen atoms in total. The average Bonchev–Trinajstić information content (AvgIpc) is 2.89. The molecule has 0 aliphatic heterocycles. The number of benzene rings is 1. The zero-order valence-corrected chi connectivity index (χ0v) is 14.1. The van der Waals surface area contributed by atoms with Crippen molar-refractivity contribution in [3.05, 3.63) is 52.9 Å². The van der Waals surface area contributed by atoms with E-state index in [-0.39, 0.29) is 5.56 Å². The van der Waals surface area contributed by atoms with Crippen LogP contribution in [-0.4, -0.2) is 30.6 Å². The van der Waals surface area contributed by atoms with Crippen LogP contribution in [0.15, 0.2) is 29.4 Å². The summed E-state index contributed by atoms with van der Waals surface area (Å²) in [5.41, 5.74) is 1.55. The van der Waals surface area contributed by atoms with E-state index >= 15 is 0 Å². The molecule has 0 amide bonds.